The minimum absolute atomic E-state index is 0.0124. The Balaban J connectivity index is 1.69. The molecule has 3 aromatic rings. The van der Waals surface area contributed by atoms with Crippen molar-refractivity contribution >= 4 is 5.71 Å². The summed E-state index contributed by atoms with van der Waals surface area (Å²) in [7, 11) is 0. The molecule has 118 valence electrons. The molecule has 4 rings (SSSR count). The summed E-state index contributed by atoms with van der Waals surface area (Å²) in [6, 6.07) is 30.4. The van der Waals surface area contributed by atoms with E-state index in [-0.39, 0.29) is 12.1 Å². The number of hydrogen-bond donors (Lipinski definition) is 1. The van der Waals surface area contributed by atoms with Crippen molar-refractivity contribution in [2.45, 2.75) is 12.1 Å². The van der Waals surface area contributed by atoms with Crippen molar-refractivity contribution in [2.75, 3.05) is 0 Å². The van der Waals surface area contributed by atoms with Gasteiger partial charge in [0.2, 0.25) is 0 Å². The number of ether oxygens (including phenoxy) is 1. The van der Waals surface area contributed by atoms with Gasteiger partial charge in [-0.05, 0) is 17.7 Å². The summed E-state index contributed by atoms with van der Waals surface area (Å²) in [4.78, 5) is 0. The molecule has 1 N–H and O–H groups in total. The summed E-state index contributed by atoms with van der Waals surface area (Å²) in [6.07, 6.45) is -0.183. The molecule has 3 aromatic carbocycles. The van der Waals surface area contributed by atoms with Crippen molar-refractivity contribution in [3.63, 3.8) is 0 Å². The fourth-order valence-electron chi connectivity index (χ4n) is 2.95. The van der Waals surface area contributed by atoms with Gasteiger partial charge in [-0.2, -0.15) is 5.10 Å². The Labute approximate surface area is 141 Å². The third-order valence-electron chi connectivity index (χ3n) is 4.13. The summed E-state index contributed by atoms with van der Waals surface area (Å²) >= 11 is 0. The summed E-state index contributed by atoms with van der Waals surface area (Å²) in [6.45, 7) is 0. The van der Waals surface area contributed by atoms with Crippen LogP contribution >= 0.6 is 0 Å². The van der Waals surface area contributed by atoms with E-state index in [2.05, 4.69) is 34.8 Å². The quantitative estimate of drug-likeness (QED) is 0.783. The van der Waals surface area contributed by atoms with Gasteiger partial charge in [0.1, 0.15) is 17.5 Å². The minimum Gasteiger partial charge on any atom is -0.481 e. The van der Waals surface area contributed by atoms with Gasteiger partial charge < -0.3 is 4.74 Å². The summed E-state index contributed by atoms with van der Waals surface area (Å²) in [5.41, 5.74) is 6.41. The van der Waals surface area contributed by atoms with E-state index in [0.29, 0.717) is 0 Å². The van der Waals surface area contributed by atoms with Crippen LogP contribution in [0.2, 0.25) is 0 Å². The largest absolute Gasteiger partial charge is 0.481 e. The molecule has 1 heterocycles. The first-order chi connectivity index (χ1) is 11.9. The normalized spacial score (nSPS) is 19.4. The molecule has 0 amide bonds. The van der Waals surface area contributed by atoms with Crippen LogP contribution in [0.5, 0.6) is 5.75 Å². The second-order valence-electron chi connectivity index (χ2n) is 5.73. The van der Waals surface area contributed by atoms with Crippen LogP contribution in [0.4, 0.5) is 0 Å². The topological polar surface area (TPSA) is 33.6 Å². The van der Waals surface area contributed by atoms with Gasteiger partial charge in [0, 0.05) is 5.56 Å². The predicted molar refractivity (Wildman–Crippen MR) is 96.2 cm³/mol. The van der Waals surface area contributed by atoms with Crippen LogP contribution in [0.15, 0.2) is 96.1 Å². The van der Waals surface area contributed by atoms with Gasteiger partial charge in [-0.15, -0.1) is 0 Å². The van der Waals surface area contributed by atoms with Gasteiger partial charge in [-0.1, -0.05) is 78.9 Å². The van der Waals surface area contributed by atoms with Crippen molar-refractivity contribution in [3.8, 4) is 5.75 Å². The van der Waals surface area contributed by atoms with Crippen LogP contribution in [0.25, 0.3) is 0 Å². The zero-order valence-corrected chi connectivity index (χ0v) is 13.2. The van der Waals surface area contributed by atoms with Crippen LogP contribution < -0.4 is 10.2 Å². The molecular formula is C21H18N2O. The number of hydrogen-bond acceptors (Lipinski definition) is 3. The zero-order valence-electron chi connectivity index (χ0n) is 13.2. The number of para-hydroxylation sites is 1. The van der Waals surface area contributed by atoms with Crippen LogP contribution in [0, 0.1) is 0 Å². The predicted octanol–water partition coefficient (Wildman–Crippen LogP) is 4.18. The van der Waals surface area contributed by atoms with E-state index >= 15 is 0 Å². The molecule has 3 heteroatoms. The number of rotatable bonds is 4. The molecule has 0 saturated carbocycles. The molecule has 24 heavy (non-hydrogen) atoms. The van der Waals surface area contributed by atoms with Crippen LogP contribution in [-0.2, 0) is 0 Å². The molecule has 0 bridgehead atoms. The first kappa shape index (κ1) is 14.5. The minimum atomic E-state index is -0.183. The molecular weight excluding hydrogens is 296 g/mol. The molecule has 2 atom stereocenters. The summed E-state index contributed by atoms with van der Waals surface area (Å²) < 4.78 is 6.32. The number of hydrazone groups is 1. The zero-order chi connectivity index (χ0) is 16.2. The van der Waals surface area contributed by atoms with E-state index < -0.39 is 0 Å². The van der Waals surface area contributed by atoms with Crippen LogP contribution in [0.1, 0.15) is 17.2 Å². The van der Waals surface area contributed by atoms with E-state index in [1.807, 2.05) is 66.7 Å². The third-order valence-corrected chi connectivity index (χ3v) is 4.13. The van der Waals surface area contributed by atoms with Gasteiger partial charge >= 0.3 is 0 Å². The SMILES string of the molecule is c1ccc(OC2C(c3ccccc3)=NNC2c2ccccc2)cc1. The number of nitrogens with zero attached hydrogens (tertiary/aromatic N) is 1. The molecule has 0 fully saturated rings. The molecule has 2 unspecified atom stereocenters. The smallest absolute Gasteiger partial charge is 0.169 e. The Morgan fingerprint density at radius 2 is 1.29 bits per heavy atom. The van der Waals surface area contributed by atoms with Crippen molar-refractivity contribution < 1.29 is 4.74 Å². The molecule has 1 aliphatic rings. The van der Waals surface area contributed by atoms with Crippen molar-refractivity contribution in [1.29, 1.82) is 0 Å². The molecule has 0 spiro atoms. The standard InChI is InChI=1S/C21H18N2O/c1-4-10-16(11-5-1)19-21(24-18-14-8-3-9-15-18)20(23-22-19)17-12-6-2-7-13-17/h1-15,19,21-22H. The second-order valence-corrected chi connectivity index (χ2v) is 5.73. The lowest BCUT2D eigenvalue weighted by atomic mass is 9.96. The average Bonchev–Trinajstić information content (AvgIpc) is 3.07. The molecule has 0 radical (unpaired) electrons. The van der Waals surface area contributed by atoms with Crippen LogP contribution in [-0.4, -0.2) is 11.8 Å². The Morgan fingerprint density at radius 1 is 0.708 bits per heavy atom. The maximum Gasteiger partial charge on any atom is 0.169 e. The summed E-state index contributed by atoms with van der Waals surface area (Å²) in [5.74, 6) is 0.843. The van der Waals surface area contributed by atoms with Crippen molar-refractivity contribution in [1.82, 2.24) is 5.43 Å². The highest BCUT2D eigenvalue weighted by molar-refractivity contribution is 6.05. The van der Waals surface area contributed by atoms with Crippen molar-refractivity contribution in [3.05, 3.63) is 102 Å². The number of benzene rings is 3. The van der Waals surface area contributed by atoms with Gasteiger partial charge in [0.25, 0.3) is 0 Å². The van der Waals surface area contributed by atoms with Crippen LogP contribution in [0.3, 0.4) is 0 Å². The van der Waals surface area contributed by atoms with E-state index in [1.165, 1.54) is 0 Å². The summed E-state index contributed by atoms with van der Waals surface area (Å²) in [5, 5.41) is 4.58. The monoisotopic (exact) mass is 314 g/mol. The van der Waals surface area contributed by atoms with E-state index in [0.717, 1.165) is 22.6 Å². The Kier molecular flexibility index (Phi) is 3.98. The Morgan fingerprint density at radius 3 is 1.96 bits per heavy atom. The average molecular weight is 314 g/mol. The highest BCUT2D eigenvalue weighted by Crippen LogP contribution is 2.29. The lowest BCUT2D eigenvalue weighted by Gasteiger charge is -2.22. The van der Waals surface area contributed by atoms with E-state index in [4.69, 9.17) is 4.74 Å². The first-order valence-electron chi connectivity index (χ1n) is 8.07. The van der Waals surface area contributed by atoms with Gasteiger partial charge in [0.05, 0.1) is 0 Å². The Bertz CT molecular complexity index is 816. The molecule has 1 aliphatic heterocycles. The number of nitrogens with one attached hydrogen (secondary N) is 1. The maximum absolute atomic E-state index is 6.32. The first-order valence-corrected chi connectivity index (χ1v) is 8.07. The van der Waals surface area contributed by atoms with Gasteiger partial charge in [-0.3, -0.25) is 5.43 Å². The van der Waals surface area contributed by atoms with Crippen molar-refractivity contribution in [2.24, 2.45) is 5.10 Å². The van der Waals surface area contributed by atoms with Gasteiger partial charge in [-0.25, -0.2) is 0 Å². The van der Waals surface area contributed by atoms with E-state index in [1.54, 1.807) is 0 Å². The third kappa shape index (κ3) is 2.88. The molecule has 0 aliphatic carbocycles. The highest BCUT2D eigenvalue weighted by atomic mass is 16.5. The second kappa shape index (κ2) is 6.59. The molecule has 0 saturated heterocycles. The molecule has 3 nitrogen and oxygen atoms in total. The maximum atomic E-state index is 6.32. The molecule has 0 aromatic heterocycles. The lowest BCUT2D eigenvalue weighted by Crippen LogP contribution is -2.33. The fraction of sp³-hybridized carbons (Fsp3) is 0.0952. The highest BCUT2D eigenvalue weighted by Gasteiger charge is 2.35. The van der Waals surface area contributed by atoms with E-state index in [9.17, 15) is 0 Å². The fourth-order valence-corrected chi connectivity index (χ4v) is 2.95. The van der Waals surface area contributed by atoms with Gasteiger partial charge in [0.15, 0.2) is 6.10 Å². The lowest BCUT2D eigenvalue weighted by molar-refractivity contribution is 0.231. The Hall–Kier alpha value is -3.07.